The van der Waals surface area contributed by atoms with Gasteiger partial charge in [-0.2, -0.15) is 0 Å². The normalized spacial score (nSPS) is 11.2. The molecule has 0 saturated carbocycles. The Morgan fingerprint density at radius 1 is 1.07 bits per heavy atom. The second-order valence-corrected chi connectivity index (χ2v) is 6.84. The average Bonchev–Trinajstić information content (AvgIpc) is 3.13. The number of carbonyl (C=O) groups excluding carboxylic acids is 1. The van der Waals surface area contributed by atoms with Gasteiger partial charge in [-0.05, 0) is 37.6 Å². The molecule has 1 amide bonds. The number of carbonyl (C=O) groups is 1. The van der Waals surface area contributed by atoms with Crippen molar-refractivity contribution >= 4 is 16.7 Å². The Kier molecular flexibility index (Phi) is 6.63. The lowest BCUT2D eigenvalue weighted by atomic mass is 10.1. The summed E-state index contributed by atoms with van der Waals surface area (Å²) in [4.78, 5) is 14.6. The van der Waals surface area contributed by atoms with Crippen LogP contribution in [0.25, 0.3) is 10.8 Å². The number of nitrogens with zero attached hydrogens (tertiary/aromatic N) is 1. The first kappa shape index (κ1) is 19.1. The molecule has 0 aliphatic rings. The third-order valence-electron chi connectivity index (χ3n) is 4.76. The topological polar surface area (TPSA) is 71.5 Å². The fourth-order valence-corrected chi connectivity index (χ4v) is 3.12. The van der Waals surface area contributed by atoms with E-state index in [0.29, 0.717) is 18.8 Å². The molecule has 27 heavy (non-hydrogen) atoms. The first-order chi connectivity index (χ1) is 13.2. The zero-order chi connectivity index (χ0) is 19.1. The molecule has 0 atom stereocenters. The largest absolute Gasteiger partial charge is 0.458 e. The predicted molar refractivity (Wildman–Crippen MR) is 109 cm³/mol. The van der Waals surface area contributed by atoms with Crippen molar-refractivity contribution in [1.29, 1.82) is 0 Å². The van der Waals surface area contributed by atoms with Gasteiger partial charge in [-0.25, -0.2) is 0 Å². The SMILES string of the molecule is CN(CCCc1ccc(CN)cc1)CCNC(=O)c1occ2ccccc12. The van der Waals surface area contributed by atoms with E-state index in [2.05, 4.69) is 41.5 Å². The lowest BCUT2D eigenvalue weighted by Crippen LogP contribution is -2.33. The van der Waals surface area contributed by atoms with Gasteiger partial charge in [-0.15, -0.1) is 0 Å². The van der Waals surface area contributed by atoms with Crippen molar-refractivity contribution < 1.29 is 9.21 Å². The van der Waals surface area contributed by atoms with E-state index in [1.54, 1.807) is 6.26 Å². The van der Waals surface area contributed by atoms with E-state index in [1.807, 2.05) is 24.3 Å². The van der Waals surface area contributed by atoms with Crippen molar-refractivity contribution in [3.05, 3.63) is 71.7 Å². The van der Waals surface area contributed by atoms with Crippen LogP contribution in [0.15, 0.2) is 59.2 Å². The molecule has 3 aromatic rings. The van der Waals surface area contributed by atoms with Crippen LogP contribution < -0.4 is 11.1 Å². The number of hydrogen-bond donors (Lipinski definition) is 2. The molecule has 5 nitrogen and oxygen atoms in total. The summed E-state index contributed by atoms with van der Waals surface area (Å²) in [6.45, 7) is 2.97. The van der Waals surface area contributed by atoms with E-state index in [4.69, 9.17) is 10.2 Å². The Balaban J connectivity index is 1.37. The van der Waals surface area contributed by atoms with Crippen molar-refractivity contribution in [2.45, 2.75) is 19.4 Å². The summed E-state index contributed by atoms with van der Waals surface area (Å²) in [5, 5.41) is 4.74. The van der Waals surface area contributed by atoms with Crippen LogP contribution in [0.2, 0.25) is 0 Å². The van der Waals surface area contributed by atoms with Crippen molar-refractivity contribution in [3.63, 3.8) is 0 Å². The molecule has 2 aromatic carbocycles. The zero-order valence-electron chi connectivity index (χ0n) is 15.8. The minimum Gasteiger partial charge on any atom is -0.458 e. The number of hydrogen-bond acceptors (Lipinski definition) is 4. The van der Waals surface area contributed by atoms with Crippen LogP contribution in [0.1, 0.15) is 28.1 Å². The van der Waals surface area contributed by atoms with E-state index in [9.17, 15) is 4.79 Å². The Labute approximate surface area is 160 Å². The minimum absolute atomic E-state index is 0.162. The maximum atomic E-state index is 12.3. The molecule has 0 unspecified atom stereocenters. The zero-order valence-corrected chi connectivity index (χ0v) is 15.8. The minimum atomic E-state index is -0.162. The second-order valence-electron chi connectivity index (χ2n) is 6.84. The van der Waals surface area contributed by atoms with Gasteiger partial charge >= 0.3 is 0 Å². The molecule has 142 valence electrons. The van der Waals surface area contributed by atoms with Gasteiger partial charge in [0, 0.05) is 30.4 Å². The lowest BCUT2D eigenvalue weighted by molar-refractivity contribution is 0.0924. The van der Waals surface area contributed by atoms with Gasteiger partial charge < -0.3 is 20.4 Å². The van der Waals surface area contributed by atoms with Gasteiger partial charge in [0.15, 0.2) is 5.76 Å². The molecule has 0 aliphatic carbocycles. The van der Waals surface area contributed by atoms with E-state index < -0.39 is 0 Å². The van der Waals surface area contributed by atoms with Gasteiger partial charge in [0.25, 0.3) is 5.91 Å². The van der Waals surface area contributed by atoms with Gasteiger partial charge in [-0.3, -0.25) is 4.79 Å². The highest BCUT2D eigenvalue weighted by Gasteiger charge is 2.13. The molecule has 0 radical (unpaired) electrons. The molecule has 1 heterocycles. The Morgan fingerprint density at radius 2 is 1.81 bits per heavy atom. The number of aryl methyl sites for hydroxylation is 1. The maximum absolute atomic E-state index is 12.3. The molecule has 5 heteroatoms. The number of nitrogens with one attached hydrogen (secondary N) is 1. The standard InChI is InChI=1S/C22H27N3O2/c1-25(13-4-5-17-8-10-18(15-23)11-9-17)14-12-24-22(26)21-20-7-3-2-6-19(20)16-27-21/h2-3,6-11,16H,4-5,12-15,23H2,1H3,(H,24,26). The van der Waals surface area contributed by atoms with Crippen molar-refractivity contribution in [1.82, 2.24) is 10.2 Å². The van der Waals surface area contributed by atoms with Crippen molar-refractivity contribution in [2.75, 3.05) is 26.7 Å². The molecule has 0 bridgehead atoms. The number of nitrogens with two attached hydrogens (primary N) is 1. The van der Waals surface area contributed by atoms with Crippen molar-refractivity contribution in [3.8, 4) is 0 Å². The lowest BCUT2D eigenvalue weighted by Gasteiger charge is -2.16. The molecule has 0 saturated heterocycles. The molecule has 1 aromatic heterocycles. The third kappa shape index (κ3) is 5.18. The highest BCUT2D eigenvalue weighted by Crippen LogP contribution is 2.20. The van der Waals surface area contributed by atoms with Crippen LogP contribution in [0.4, 0.5) is 0 Å². The maximum Gasteiger partial charge on any atom is 0.287 e. The second kappa shape index (κ2) is 9.35. The smallest absolute Gasteiger partial charge is 0.287 e. The first-order valence-corrected chi connectivity index (χ1v) is 9.38. The van der Waals surface area contributed by atoms with Crippen LogP contribution in [-0.4, -0.2) is 37.5 Å². The summed E-state index contributed by atoms with van der Waals surface area (Å²) in [5.41, 5.74) is 8.12. The molecule has 0 aliphatic heterocycles. The summed E-state index contributed by atoms with van der Waals surface area (Å²) < 4.78 is 5.43. The monoisotopic (exact) mass is 365 g/mol. The number of furan rings is 1. The highest BCUT2D eigenvalue weighted by atomic mass is 16.3. The number of rotatable bonds is 9. The van der Waals surface area contributed by atoms with Crippen LogP contribution in [-0.2, 0) is 13.0 Å². The summed E-state index contributed by atoms with van der Waals surface area (Å²) in [5.74, 6) is 0.221. The number of fused-ring (bicyclic) bond motifs is 1. The Hall–Kier alpha value is -2.63. The van der Waals surface area contributed by atoms with E-state index >= 15 is 0 Å². The van der Waals surface area contributed by atoms with Crippen LogP contribution in [0, 0.1) is 0 Å². The summed E-state index contributed by atoms with van der Waals surface area (Å²) in [6.07, 6.45) is 3.74. The average molecular weight is 365 g/mol. The molecular weight excluding hydrogens is 338 g/mol. The van der Waals surface area contributed by atoms with Crippen molar-refractivity contribution in [2.24, 2.45) is 5.73 Å². The number of benzene rings is 2. The Bertz CT molecular complexity index is 871. The molecule has 0 fully saturated rings. The van der Waals surface area contributed by atoms with Gasteiger partial charge in [0.05, 0.1) is 6.26 Å². The fourth-order valence-electron chi connectivity index (χ4n) is 3.12. The molecular formula is C22H27N3O2. The molecule has 3 rings (SSSR count). The molecule has 3 N–H and O–H groups in total. The van der Waals surface area contributed by atoms with E-state index in [1.165, 1.54) is 5.56 Å². The number of amides is 1. The van der Waals surface area contributed by atoms with E-state index in [-0.39, 0.29) is 5.91 Å². The van der Waals surface area contributed by atoms with Gasteiger partial charge in [0.2, 0.25) is 0 Å². The summed E-state index contributed by atoms with van der Waals surface area (Å²) in [6, 6.07) is 16.2. The fraction of sp³-hybridized carbons (Fsp3) is 0.318. The quantitative estimate of drug-likeness (QED) is 0.611. The van der Waals surface area contributed by atoms with Gasteiger partial charge in [-0.1, -0.05) is 48.5 Å². The van der Waals surface area contributed by atoms with E-state index in [0.717, 1.165) is 42.3 Å². The summed E-state index contributed by atoms with van der Waals surface area (Å²) >= 11 is 0. The number of likely N-dealkylation sites (N-methyl/N-ethyl adjacent to an activating group) is 1. The third-order valence-corrected chi connectivity index (χ3v) is 4.76. The van der Waals surface area contributed by atoms with Gasteiger partial charge in [0.1, 0.15) is 0 Å². The predicted octanol–water partition coefficient (Wildman–Crippen LogP) is 3.19. The molecule has 0 spiro atoms. The van der Waals surface area contributed by atoms with Crippen LogP contribution >= 0.6 is 0 Å². The first-order valence-electron chi connectivity index (χ1n) is 9.38. The van der Waals surface area contributed by atoms with Crippen LogP contribution in [0.5, 0.6) is 0 Å². The Morgan fingerprint density at radius 3 is 2.59 bits per heavy atom. The van der Waals surface area contributed by atoms with Crippen LogP contribution in [0.3, 0.4) is 0 Å². The summed E-state index contributed by atoms with van der Waals surface area (Å²) in [7, 11) is 2.08. The highest BCUT2D eigenvalue weighted by molar-refractivity contribution is 6.04.